The number of para-hydroxylation sites is 1. The number of benzene rings is 2. The Labute approximate surface area is 116 Å². The molecule has 0 heterocycles. The third-order valence-electron chi connectivity index (χ3n) is 2.56. The summed E-state index contributed by atoms with van der Waals surface area (Å²) in [4.78, 5) is 0. The number of hydrogen-bond acceptors (Lipinski definition) is 2. The number of anilines is 1. The van der Waals surface area contributed by atoms with Crippen LogP contribution in [-0.4, -0.2) is 0 Å². The van der Waals surface area contributed by atoms with E-state index >= 15 is 0 Å². The second-order valence-electron chi connectivity index (χ2n) is 3.71. The fourth-order valence-electron chi connectivity index (χ4n) is 1.62. The van der Waals surface area contributed by atoms with Gasteiger partial charge in [0.1, 0.15) is 6.07 Å². The normalized spacial score (nSPS) is 9.83. The molecule has 0 saturated carbocycles. The highest BCUT2D eigenvalue weighted by Gasteiger charge is 2.06. The summed E-state index contributed by atoms with van der Waals surface area (Å²) in [7, 11) is 0. The molecule has 0 spiro atoms. The van der Waals surface area contributed by atoms with E-state index in [0.29, 0.717) is 22.2 Å². The first-order valence-corrected chi connectivity index (χ1v) is 6.14. The molecule has 0 atom stereocenters. The van der Waals surface area contributed by atoms with Crippen molar-refractivity contribution in [3.8, 4) is 6.07 Å². The Kier molecular flexibility index (Phi) is 4.09. The van der Waals surface area contributed by atoms with Crippen molar-refractivity contribution < 1.29 is 0 Å². The van der Waals surface area contributed by atoms with Gasteiger partial charge in [0.05, 0.1) is 11.3 Å². The second-order valence-corrected chi connectivity index (χ2v) is 4.53. The van der Waals surface area contributed by atoms with E-state index in [1.165, 1.54) is 0 Å². The third-order valence-corrected chi connectivity index (χ3v) is 3.27. The van der Waals surface area contributed by atoms with Crippen molar-refractivity contribution in [3.63, 3.8) is 0 Å². The summed E-state index contributed by atoms with van der Waals surface area (Å²) < 4.78 is 0. The molecule has 0 saturated heterocycles. The fraction of sp³-hybridized carbons (Fsp3) is 0.0714. The average Bonchev–Trinajstić information content (AvgIpc) is 2.38. The molecule has 2 nitrogen and oxygen atoms in total. The number of rotatable bonds is 3. The molecule has 2 aromatic rings. The standard InChI is InChI=1S/C14H10Cl2N2/c15-12-5-3-6-13(16)11(12)9-18-14-7-2-1-4-10(14)8-17/h1-7,18H,9H2. The predicted octanol–water partition coefficient (Wildman–Crippen LogP) is 4.48. The van der Waals surface area contributed by atoms with Crippen molar-refractivity contribution in [2.24, 2.45) is 0 Å². The molecule has 1 N–H and O–H groups in total. The first-order valence-electron chi connectivity index (χ1n) is 5.38. The van der Waals surface area contributed by atoms with Gasteiger partial charge >= 0.3 is 0 Å². The molecule has 18 heavy (non-hydrogen) atoms. The molecule has 0 aliphatic heterocycles. The Morgan fingerprint density at radius 3 is 2.33 bits per heavy atom. The van der Waals surface area contributed by atoms with Gasteiger partial charge in [-0.05, 0) is 24.3 Å². The van der Waals surface area contributed by atoms with Gasteiger partial charge in [-0.1, -0.05) is 41.4 Å². The lowest BCUT2D eigenvalue weighted by Crippen LogP contribution is -2.02. The van der Waals surface area contributed by atoms with Crippen molar-refractivity contribution >= 4 is 28.9 Å². The third kappa shape index (κ3) is 2.76. The van der Waals surface area contributed by atoms with Crippen molar-refractivity contribution in [2.45, 2.75) is 6.54 Å². The number of nitriles is 1. The SMILES string of the molecule is N#Cc1ccccc1NCc1c(Cl)cccc1Cl. The van der Waals surface area contributed by atoms with Gasteiger partial charge in [0, 0.05) is 22.2 Å². The van der Waals surface area contributed by atoms with Crippen LogP contribution in [0.2, 0.25) is 10.0 Å². The smallest absolute Gasteiger partial charge is 0.101 e. The molecule has 0 aromatic heterocycles. The number of nitrogens with zero attached hydrogens (tertiary/aromatic N) is 1. The molecule has 0 unspecified atom stereocenters. The lowest BCUT2D eigenvalue weighted by molar-refractivity contribution is 1.15. The number of halogens is 2. The topological polar surface area (TPSA) is 35.8 Å². The molecule has 0 radical (unpaired) electrons. The molecule has 4 heteroatoms. The summed E-state index contributed by atoms with van der Waals surface area (Å²) in [5.41, 5.74) is 2.20. The molecule has 0 aliphatic rings. The van der Waals surface area contributed by atoms with Crippen LogP contribution in [0, 0.1) is 11.3 Å². The minimum atomic E-state index is 0.483. The Hall–Kier alpha value is -1.69. The van der Waals surface area contributed by atoms with Crippen molar-refractivity contribution in [1.29, 1.82) is 5.26 Å². The molecule has 0 bridgehead atoms. The van der Waals surface area contributed by atoms with Crippen molar-refractivity contribution in [1.82, 2.24) is 0 Å². The quantitative estimate of drug-likeness (QED) is 0.898. The zero-order chi connectivity index (χ0) is 13.0. The zero-order valence-electron chi connectivity index (χ0n) is 9.45. The predicted molar refractivity (Wildman–Crippen MR) is 74.9 cm³/mol. The first-order chi connectivity index (χ1) is 8.72. The Morgan fingerprint density at radius 2 is 1.67 bits per heavy atom. The van der Waals surface area contributed by atoms with E-state index in [-0.39, 0.29) is 0 Å². The van der Waals surface area contributed by atoms with E-state index in [0.717, 1.165) is 11.3 Å². The van der Waals surface area contributed by atoms with Crippen LogP contribution >= 0.6 is 23.2 Å². The zero-order valence-corrected chi connectivity index (χ0v) is 11.0. The molecule has 0 aliphatic carbocycles. The summed E-state index contributed by atoms with van der Waals surface area (Å²) >= 11 is 12.2. The van der Waals surface area contributed by atoms with Gasteiger partial charge in [-0.2, -0.15) is 5.26 Å². The lowest BCUT2D eigenvalue weighted by Gasteiger charge is -2.10. The molecule has 2 aromatic carbocycles. The van der Waals surface area contributed by atoms with E-state index < -0.39 is 0 Å². The highest BCUT2D eigenvalue weighted by atomic mass is 35.5. The maximum Gasteiger partial charge on any atom is 0.101 e. The van der Waals surface area contributed by atoms with E-state index in [1.807, 2.05) is 18.2 Å². The largest absolute Gasteiger partial charge is 0.380 e. The lowest BCUT2D eigenvalue weighted by atomic mass is 10.1. The van der Waals surface area contributed by atoms with E-state index in [1.54, 1.807) is 24.3 Å². The van der Waals surface area contributed by atoms with E-state index in [4.69, 9.17) is 28.5 Å². The molecular weight excluding hydrogens is 267 g/mol. The van der Waals surface area contributed by atoms with Crippen molar-refractivity contribution in [3.05, 3.63) is 63.6 Å². The van der Waals surface area contributed by atoms with Crippen LogP contribution in [0.1, 0.15) is 11.1 Å². The monoisotopic (exact) mass is 276 g/mol. The number of nitrogens with one attached hydrogen (secondary N) is 1. The Balaban J connectivity index is 2.20. The van der Waals surface area contributed by atoms with Gasteiger partial charge in [-0.3, -0.25) is 0 Å². The van der Waals surface area contributed by atoms with Gasteiger partial charge in [0.25, 0.3) is 0 Å². The summed E-state index contributed by atoms with van der Waals surface area (Å²) in [6.45, 7) is 0.483. The Morgan fingerprint density at radius 1 is 1.00 bits per heavy atom. The molecule has 0 amide bonds. The highest BCUT2D eigenvalue weighted by Crippen LogP contribution is 2.25. The van der Waals surface area contributed by atoms with Crippen LogP contribution in [0.3, 0.4) is 0 Å². The van der Waals surface area contributed by atoms with Gasteiger partial charge in [0.2, 0.25) is 0 Å². The van der Waals surface area contributed by atoms with Gasteiger partial charge < -0.3 is 5.32 Å². The minimum Gasteiger partial charge on any atom is -0.380 e. The molecule has 0 fully saturated rings. The summed E-state index contributed by atoms with van der Waals surface area (Å²) in [6, 6.07) is 14.8. The second kappa shape index (κ2) is 5.77. The number of hydrogen-bond donors (Lipinski definition) is 1. The highest BCUT2D eigenvalue weighted by molar-refractivity contribution is 6.36. The molecule has 90 valence electrons. The van der Waals surface area contributed by atoms with Crippen LogP contribution in [0.15, 0.2) is 42.5 Å². The van der Waals surface area contributed by atoms with E-state index in [9.17, 15) is 0 Å². The first kappa shape index (κ1) is 12.8. The summed E-state index contributed by atoms with van der Waals surface area (Å²) in [6.07, 6.45) is 0. The van der Waals surface area contributed by atoms with E-state index in [2.05, 4.69) is 11.4 Å². The maximum atomic E-state index is 8.98. The van der Waals surface area contributed by atoms with Crippen LogP contribution in [0.5, 0.6) is 0 Å². The maximum absolute atomic E-state index is 8.98. The van der Waals surface area contributed by atoms with Gasteiger partial charge in [0.15, 0.2) is 0 Å². The van der Waals surface area contributed by atoms with Gasteiger partial charge in [-0.15, -0.1) is 0 Å². The van der Waals surface area contributed by atoms with Crippen LogP contribution in [-0.2, 0) is 6.54 Å². The van der Waals surface area contributed by atoms with Crippen LogP contribution in [0.4, 0.5) is 5.69 Å². The molecule has 2 rings (SSSR count). The average molecular weight is 277 g/mol. The van der Waals surface area contributed by atoms with Crippen LogP contribution < -0.4 is 5.32 Å². The summed E-state index contributed by atoms with van der Waals surface area (Å²) in [5, 5.41) is 13.4. The minimum absolute atomic E-state index is 0.483. The van der Waals surface area contributed by atoms with Gasteiger partial charge in [-0.25, -0.2) is 0 Å². The fourth-order valence-corrected chi connectivity index (χ4v) is 2.15. The summed E-state index contributed by atoms with van der Waals surface area (Å²) in [5.74, 6) is 0. The Bertz CT molecular complexity index is 583. The van der Waals surface area contributed by atoms with Crippen LogP contribution in [0.25, 0.3) is 0 Å². The molecular formula is C14H10Cl2N2. The van der Waals surface area contributed by atoms with Crippen molar-refractivity contribution in [2.75, 3.05) is 5.32 Å².